The van der Waals surface area contributed by atoms with E-state index in [4.69, 9.17) is 0 Å². The van der Waals surface area contributed by atoms with Crippen molar-refractivity contribution in [3.63, 3.8) is 0 Å². The van der Waals surface area contributed by atoms with Crippen LogP contribution in [0.1, 0.15) is 12.8 Å². The minimum Gasteiger partial charge on any atom is -0.352 e. The minimum atomic E-state index is 0.0375. The average Bonchev–Trinajstić information content (AvgIpc) is 3.01. The van der Waals surface area contributed by atoms with Crippen LogP contribution in [0.3, 0.4) is 0 Å². The molecule has 6 heteroatoms. The predicted octanol–water partition coefficient (Wildman–Crippen LogP) is 0.954. The van der Waals surface area contributed by atoms with Gasteiger partial charge in [0.1, 0.15) is 12.1 Å². The van der Waals surface area contributed by atoms with Gasteiger partial charge >= 0.3 is 0 Å². The van der Waals surface area contributed by atoms with Gasteiger partial charge in [-0.3, -0.25) is 4.79 Å². The van der Waals surface area contributed by atoms with Crippen LogP contribution in [-0.2, 0) is 4.79 Å². The van der Waals surface area contributed by atoms with Crippen LogP contribution in [0.15, 0.2) is 17.0 Å². The van der Waals surface area contributed by atoms with Gasteiger partial charge in [0.2, 0.25) is 5.91 Å². The van der Waals surface area contributed by atoms with E-state index in [9.17, 15) is 4.79 Å². The van der Waals surface area contributed by atoms with E-state index >= 15 is 0 Å². The molecule has 2 rings (SSSR count). The highest BCUT2D eigenvalue weighted by atomic mass is 79.9. The molecule has 0 aliphatic heterocycles. The molecular formula is C10H13BrN4O. The molecule has 16 heavy (non-hydrogen) atoms. The summed E-state index contributed by atoms with van der Waals surface area (Å²) >= 11 is 3.35. The Morgan fingerprint density at radius 3 is 3.06 bits per heavy atom. The standard InChI is InChI=1S/C10H13BrN4O/c1-15(5-9(16)14-7-2-3-7)10-8(11)4-12-6-13-10/h4,6-7H,2-3,5H2,1H3,(H,14,16). The molecule has 1 fully saturated rings. The monoisotopic (exact) mass is 284 g/mol. The molecule has 0 atom stereocenters. The van der Waals surface area contributed by atoms with E-state index < -0.39 is 0 Å². The summed E-state index contributed by atoms with van der Waals surface area (Å²) in [6.45, 7) is 0.312. The van der Waals surface area contributed by atoms with Crippen molar-refractivity contribution in [3.8, 4) is 0 Å². The van der Waals surface area contributed by atoms with Gasteiger partial charge in [0.25, 0.3) is 0 Å². The lowest BCUT2D eigenvalue weighted by atomic mass is 10.4. The molecule has 0 spiro atoms. The van der Waals surface area contributed by atoms with E-state index in [1.54, 1.807) is 11.1 Å². The maximum Gasteiger partial charge on any atom is 0.239 e. The van der Waals surface area contributed by atoms with Crippen LogP contribution in [0.2, 0.25) is 0 Å². The van der Waals surface area contributed by atoms with Gasteiger partial charge in [0.05, 0.1) is 11.0 Å². The van der Waals surface area contributed by atoms with Crippen LogP contribution in [0.4, 0.5) is 5.82 Å². The Balaban J connectivity index is 1.93. The van der Waals surface area contributed by atoms with Gasteiger partial charge in [-0.1, -0.05) is 0 Å². The number of carbonyl (C=O) groups is 1. The van der Waals surface area contributed by atoms with Gasteiger partial charge in [-0.05, 0) is 28.8 Å². The number of likely N-dealkylation sites (N-methyl/N-ethyl adjacent to an activating group) is 1. The maximum absolute atomic E-state index is 11.6. The summed E-state index contributed by atoms with van der Waals surface area (Å²) in [5, 5.41) is 2.93. The zero-order chi connectivity index (χ0) is 11.5. The first-order valence-corrected chi connectivity index (χ1v) is 5.92. The largest absolute Gasteiger partial charge is 0.352 e. The molecule has 5 nitrogen and oxygen atoms in total. The highest BCUT2D eigenvalue weighted by Crippen LogP contribution is 2.21. The number of amides is 1. The van der Waals surface area contributed by atoms with Crippen LogP contribution in [-0.4, -0.2) is 35.5 Å². The molecule has 1 saturated carbocycles. The van der Waals surface area contributed by atoms with Crippen LogP contribution in [0, 0.1) is 0 Å². The van der Waals surface area contributed by atoms with Crippen molar-refractivity contribution < 1.29 is 4.79 Å². The van der Waals surface area contributed by atoms with Gasteiger partial charge < -0.3 is 10.2 Å². The molecule has 1 aliphatic rings. The summed E-state index contributed by atoms with van der Waals surface area (Å²) in [4.78, 5) is 21.4. The van der Waals surface area contributed by atoms with Gasteiger partial charge in [0, 0.05) is 19.3 Å². The third-order valence-electron chi connectivity index (χ3n) is 2.33. The molecule has 0 unspecified atom stereocenters. The first-order chi connectivity index (χ1) is 7.66. The van der Waals surface area contributed by atoms with Crippen molar-refractivity contribution in [3.05, 3.63) is 17.0 Å². The first-order valence-electron chi connectivity index (χ1n) is 5.13. The number of nitrogens with zero attached hydrogens (tertiary/aromatic N) is 3. The van der Waals surface area contributed by atoms with E-state index in [0.29, 0.717) is 12.6 Å². The van der Waals surface area contributed by atoms with Crippen molar-refractivity contribution in [1.29, 1.82) is 0 Å². The van der Waals surface area contributed by atoms with Crippen LogP contribution < -0.4 is 10.2 Å². The third-order valence-corrected chi connectivity index (χ3v) is 2.89. The molecular weight excluding hydrogens is 272 g/mol. The zero-order valence-electron chi connectivity index (χ0n) is 8.98. The Bertz CT molecular complexity index is 394. The Morgan fingerprint density at radius 2 is 2.44 bits per heavy atom. The number of rotatable bonds is 4. The summed E-state index contributed by atoms with van der Waals surface area (Å²) in [7, 11) is 1.83. The number of hydrogen-bond donors (Lipinski definition) is 1. The smallest absolute Gasteiger partial charge is 0.239 e. The molecule has 0 bridgehead atoms. The van der Waals surface area contributed by atoms with Crippen LogP contribution >= 0.6 is 15.9 Å². The van der Waals surface area contributed by atoms with Crippen molar-refractivity contribution in [1.82, 2.24) is 15.3 Å². The van der Waals surface area contributed by atoms with E-state index in [1.807, 2.05) is 7.05 Å². The van der Waals surface area contributed by atoms with Gasteiger partial charge in [0.15, 0.2) is 0 Å². The van der Waals surface area contributed by atoms with Crippen LogP contribution in [0.25, 0.3) is 0 Å². The first kappa shape index (κ1) is 11.3. The lowest BCUT2D eigenvalue weighted by molar-refractivity contribution is -0.119. The maximum atomic E-state index is 11.6. The number of aromatic nitrogens is 2. The summed E-state index contributed by atoms with van der Waals surface area (Å²) in [5.41, 5.74) is 0. The Kier molecular flexibility index (Phi) is 3.38. The van der Waals surface area contributed by atoms with Crippen molar-refractivity contribution in [2.45, 2.75) is 18.9 Å². The van der Waals surface area contributed by atoms with E-state index in [0.717, 1.165) is 23.1 Å². The van der Waals surface area contributed by atoms with E-state index in [-0.39, 0.29) is 5.91 Å². The topological polar surface area (TPSA) is 58.1 Å². The summed E-state index contributed by atoms with van der Waals surface area (Å²) in [5.74, 6) is 0.761. The quantitative estimate of drug-likeness (QED) is 0.895. The number of hydrogen-bond acceptors (Lipinski definition) is 4. The fourth-order valence-electron chi connectivity index (χ4n) is 1.38. The van der Waals surface area contributed by atoms with Crippen molar-refractivity contribution in [2.24, 2.45) is 0 Å². The average molecular weight is 285 g/mol. The summed E-state index contributed by atoms with van der Waals surface area (Å²) < 4.78 is 0.789. The lowest BCUT2D eigenvalue weighted by Gasteiger charge is -2.18. The second-order valence-electron chi connectivity index (χ2n) is 3.89. The van der Waals surface area contributed by atoms with E-state index in [1.165, 1.54) is 6.33 Å². The predicted molar refractivity (Wildman–Crippen MR) is 64.2 cm³/mol. The number of anilines is 1. The molecule has 1 amide bonds. The summed E-state index contributed by atoms with van der Waals surface area (Å²) in [6, 6.07) is 0.398. The Hall–Kier alpha value is -1.17. The summed E-state index contributed by atoms with van der Waals surface area (Å²) in [6.07, 6.45) is 5.34. The second-order valence-corrected chi connectivity index (χ2v) is 4.75. The molecule has 1 aromatic heterocycles. The fraction of sp³-hybridized carbons (Fsp3) is 0.500. The van der Waals surface area contributed by atoms with Crippen LogP contribution in [0.5, 0.6) is 0 Å². The molecule has 0 saturated heterocycles. The van der Waals surface area contributed by atoms with Crippen molar-refractivity contribution in [2.75, 3.05) is 18.5 Å². The molecule has 1 heterocycles. The van der Waals surface area contributed by atoms with Gasteiger partial charge in [-0.15, -0.1) is 0 Å². The Labute approximate surface area is 102 Å². The molecule has 0 aromatic carbocycles. The highest BCUT2D eigenvalue weighted by molar-refractivity contribution is 9.10. The Morgan fingerprint density at radius 1 is 1.69 bits per heavy atom. The fourth-order valence-corrected chi connectivity index (χ4v) is 1.90. The molecule has 1 aromatic rings. The van der Waals surface area contributed by atoms with E-state index in [2.05, 4.69) is 31.2 Å². The molecule has 0 radical (unpaired) electrons. The zero-order valence-corrected chi connectivity index (χ0v) is 10.6. The lowest BCUT2D eigenvalue weighted by Crippen LogP contribution is -2.36. The van der Waals surface area contributed by atoms with Gasteiger partial charge in [-0.25, -0.2) is 9.97 Å². The second kappa shape index (κ2) is 4.78. The highest BCUT2D eigenvalue weighted by Gasteiger charge is 2.23. The van der Waals surface area contributed by atoms with Gasteiger partial charge in [-0.2, -0.15) is 0 Å². The number of halogens is 1. The van der Waals surface area contributed by atoms with Crippen molar-refractivity contribution >= 4 is 27.7 Å². The molecule has 86 valence electrons. The number of carbonyl (C=O) groups excluding carboxylic acids is 1. The molecule has 1 N–H and O–H groups in total. The normalized spacial score (nSPS) is 14.6. The third kappa shape index (κ3) is 2.91. The number of nitrogens with one attached hydrogen (secondary N) is 1. The SMILES string of the molecule is CN(CC(=O)NC1CC1)c1ncncc1Br. The molecule has 1 aliphatic carbocycles. The minimum absolute atomic E-state index is 0.0375.